The molecule has 4 nitrogen and oxygen atoms in total. The van der Waals surface area contributed by atoms with Crippen molar-refractivity contribution in [3.05, 3.63) is 59.7 Å². The van der Waals surface area contributed by atoms with E-state index in [1.807, 2.05) is 24.3 Å². The van der Waals surface area contributed by atoms with Crippen molar-refractivity contribution >= 4 is 0 Å². The molecule has 0 unspecified atom stereocenters. The summed E-state index contributed by atoms with van der Waals surface area (Å²) >= 11 is 0. The van der Waals surface area contributed by atoms with Gasteiger partial charge < -0.3 is 19.5 Å². The maximum atomic E-state index is 5.95. The second-order valence-electron chi connectivity index (χ2n) is 5.63. The summed E-state index contributed by atoms with van der Waals surface area (Å²) < 4.78 is 16.5. The van der Waals surface area contributed by atoms with E-state index in [4.69, 9.17) is 14.2 Å². The van der Waals surface area contributed by atoms with E-state index in [0.29, 0.717) is 12.6 Å². The molecule has 4 heteroatoms. The highest BCUT2D eigenvalue weighted by molar-refractivity contribution is 5.42. The molecular formula is C19H26NO3+. The van der Waals surface area contributed by atoms with Gasteiger partial charge in [0, 0.05) is 12.7 Å². The molecule has 0 fully saturated rings. The van der Waals surface area contributed by atoms with E-state index in [0.717, 1.165) is 30.2 Å². The quantitative estimate of drug-likeness (QED) is 0.772. The Labute approximate surface area is 138 Å². The van der Waals surface area contributed by atoms with Gasteiger partial charge in [-0.1, -0.05) is 30.3 Å². The van der Waals surface area contributed by atoms with Crippen molar-refractivity contribution in [3.8, 4) is 11.5 Å². The van der Waals surface area contributed by atoms with E-state index in [1.54, 1.807) is 14.2 Å². The molecule has 0 aliphatic rings. The van der Waals surface area contributed by atoms with Gasteiger partial charge in [-0.25, -0.2) is 0 Å². The lowest BCUT2D eigenvalue weighted by atomic mass is 10.2. The average Bonchev–Trinajstić information content (AvgIpc) is 2.59. The summed E-state index contributed by atoms with van der Waals surface area (Å²) in [5.74, 6) is 1.54. The summed E-state index contributed by atoms with van der Waals surface area (Å²) in [6.45, 7) is 4.31. The number of methoxy groups -OCH3 is 2. The lowest BCUT2D eigenvalue weighted by Crippen LogP contribution is -2.88. The maximum absolute atomic E-state index is 5.95. The molecule has 0 heterocycles. The van der Waals surface area contributed by atoms with Gasteiger partial charge in [-0.05, 0) is 30.7 Å². The second-order valence-corrected chi connectivity index (χ2v) is 5.63. The van der Waals surface area contributed by atoms with E-state index in [-0.39, 0.29) is 0 Å². The van der Waals surface area contributed by atoms with Gasteiger partial charge in [-0.3, -0.25) is 0 Å². The minimum Gasteiger partial charge on any atom is -0.493 e. The van der Waals surface area contributed by atoms with E-state index < -0.39 is 0 Å². The Morgan fingerprint density at radius 3 is 2.43 bits per heavy atom. The molecule has 0 aliphatic heterocycles. The zero-order valence-electron chi connectivity index (χ0n) is 14.1. The van der Waals surface area contributed by atoms with Crippen molar-refractivity contribution in [2.45, 2.75) is 26.1 Å². The molecule has 0 aromatic heterocycles. The first-order valence-corrected chi connectivity index (χ1v) is 7.89. The van der Waals surface area contributed by atoms with E-state index in [2.05, 4.69) is 36.5 Å². The monoisotopic (exact) mass is 316 g/mol. The average molecular weight is 316 g/mol. The predicted molar refractivity (Wildman–Crippen MR) is 90.7 cm³/mol. The highest BCUT2D eigenvalue weighted by Gasteiger charge is 2.09. The molecule has 0 saturated carbocycles. The van der Waals surface area contributed by atoms with Gasteiger partial charge in [-0.15, -0.1) is 0 Å². The fraction of sp³-hybridized carbons (Fsp3) is 0.368. The molecule has 0 amide bonds. The minimum absolute atomic E-state index is 0.427. The number of nitrogens with two attached hydrogens (primary N) is 1. The van der Waals surface area contributed by atoms with Crippen LogP contribution in [0, 0.1) is 0 Å². The van der Waals surface area contributed by atoms with Crippen LogP contribution in [0.5, 0.6) is 11.5 Å². The molecule has 0 radical (unpaired) electrons. The summed E-state index contributed by atoms with van der Waals surface area (Å²) in [7, 11) is 3.39. The highest BCUT2D eigenvalue weighted by Crippen LogP contribution is 2.28. The van der Waals surface area contributed by atoms with E-state index >= 15 is 0 Å². The third-order valence-electron chi connectivity index (χ3n) is 3.65. The molecule has 23 heavy (non-hydrogen) atoms. The van der Waals surface area contributed by atoms with Crippen LogP contribution in [0.25, 0.3) is 0 Å². The summed E-state index contributed by atoms with van der Waals surface area (Å²) in [4.78, 5) is 0. The maximum Gasteiger partial charge on any atom is 0.162 e. The Hall–Kier alpha value is -2.04. The van der Waals surface area contributed by atoms with Gasteiger partial charge in [-0.2, -0.15) is 0 Å². The molecule has 1 atom stereocenters. The Kier molecular flexibility index (Phi) is 6.91. The smallest absolute Gasteiger partial charge is 0.162 e. The molecule has 2 N–H and O–H groups in total. The lowest BCUT2D eigenvalue weighted by molar-refractivity contribution is -0.702. The number of ether oxygens (including phenoxy) is 3. The molecule has 0 saturated heterocycles. The normalized spacial score (nSPS) is 12.0. The summed E-state index contributed by atoms with van der Waals surface area (Å²) in [6.07, 6.45) is 0. The summed E-state index contributed by atoms with van der Waals surface area (Å²) in [6, 6.07) is 16.6. The zero-order valence-corrected chi connectivity index (χ0v) is 14.1. The van der Waals surface area contributed by atoms with Crippen molar-refractivity contribution in [1.82, 2.24) is 0 Å². The van der Waals surface area contributed by atoms with Crippen LogP contribution in [0.2, 0.25) is 0 Å². The first kappa shape index (κ1) is 17.3. The standard InChI is InChI=1S/C19H25NO3/c1-15(13-21-2)20-12-17-9-10-18(22-3)19(11-17)23-14-16-7-5-4-6-8-16/h4-11,15,20H,12-14H2,1-3H3/p+1/t15-/m1/s1. The first-order valence-electron chi connectivity index (χ1n) is 7.89. The van der Waals surface area contributed by atoms with Crippen molar-refractivity contribution < 1.29 is 19.5 Å². The number of hydrogen-bond donors (Lipinski definition) is 1. The third kappa shape index (κ3) is 5.58. The van der Waals surface area contributed by atoms with Gasteiger partial charge in [0.15, 0.2) is 11.5 Å². The van der Waals surface area contributed by atoms with Crippen LogP contribution < -0.4 is 14.8 Å². The first-order chi connectivity index (χ1) is 11.2. The number of quaternary nitrogens is 1. The zero-order chi connectivity index (χ0) is 16.5. The fourth-order valence-electron chi connectivity index (χ4n) is 2.36. The molecule has 0 bridgehead atoms. The molecule has 0 aliphatic carbocycles. The van der Waals surface area contributed by atoms with E-state index in [1.165, 1.54) is 5.56 Å². The fourth-order valence-corrected chi connectivity index (χ4v) is 2.36. The molecule has 0 spiro atoms. The molecule has 2 rings (SSSR count). The SMILES string of the molecule is COC[C@@H](C)[NH2+]Cc1ccc(OC)c(OCc2ccccc2)c1. The van der Waals surface area contributed by atoms with E-state index in [9.17, 15) is 0 Å². The third-order valence-corrected chi connectivity index (χ3v) is 3.65. The van der Waals surface area contributed by atoms with Crippen molar-refractivity contribution in [2.75, 3.05) is 20.8 Å². The van der Waals surface area contributed by atoms with Crippen LogP contribution in [0.15, 0.2) is 48.5 Å². The van der Waals surface area contributed by atoms with Crippen LogP contribution in [0.4, 0.5) is 0 Å². The summed E-state index contributed by atoms with van der Waals surface area (Å²) in [5.41, 5.74) is 2.34. The number of hydrogen-bond acceptors (Lipinski definition) is 3. The number of benzene rings is 2. The minimum atomic E-state index is 0.427. The predicted octanol–water partition coefficient (Wildman–Crippen LogP) is 2.37. The number of rotatable bonds is 9. The molecule has 2 aromatic carbocycles. The van der Waals surface area contributed by atoms with Crippen LogP contribution in [0.3, 0.4) is 0 Å². The largest absolute Gasteiger partial charge is 0.493 e. The Balaban J connectivity index is 2.00. The Bertz CT molecular complexity index is 586. The Morgan fingerprint density at radius 1 is 0.957 bits per heavy atom. The van der Waals surface area contributed by atoms with Crippen LogP contribution >= 0.6 is 0 Å². The lowest BCUT2D eigenvalue weighted by Gasteiger charge is -2.13. The van der Waals surface area contributed by atoms with Gasteiger partial charge in [0.25, 0.3) is 0 Å². The van der Waals surface area contributed by atoms with Gasteiger partial charge in [0.1, 0.15) is 19.2 Å². The Morgan fingerprint density at radius 2 is 1.74 bits per heavy atom. The molecule has 2 aromatic rings. The molecular weight excluding hydrogens is 290 g/mol. The topological polar surface area (TPSA) is 44.3 Å². The second kappa shape index (κ2) is 9.18. The van der Waals surface area contributed by atoms with Crippen LogP contribution in [-0.4, -0.2) is 26.9 Å². The van der Waals surface area contributed by atoms with Crippen molar-refractivity contribution in [1.29, 1.82) is 0 Å². The molecule has 124 valence electrons. The van der Waals surface area contributed by atoms with Crippen molar-refractivity contribution in [3.63, 3.8) is 0 Å². The van der Waals surface area contributed by atoms with Gasteiger partial charge >= 0.3 is 0 Å². The summed E-state index contributed by atoms with van der Waals surface area (Å²) in [5, 5.41) is 2.26. The van der Waals surface area contributed by atoms with Gasteiger partial charge in [0.05, 0.1) is 13.7 Å². The van der Waals surface area contributed by atoms with Crippen LogP contribution in [0.1, 0.15) is 18.1 Å². The highest BCUT2D eigenvalue weighted by atomic mass is 16.5. The van der Waals surface area contributed by atoms with Crippen molar-refractivity contribution in [2.24, 2.45) is 0 Å². The van der Waals surface area contributed by atoms with Gasteiger partial charge in [0.2, 0.25) is 0 Å². The van der Waals surface area contributed by atoms with Crippen LogP contribution in [-0.2, 0) is 17.9 Å².